The van der Waals surface area contributed by atoms with Crippen molar-refractivity contribution in [1.29, 1.82) is 0 Å². The van der Waals surface area contributed by atoms with Crippen LogP contribution in [0.5, 0.6) is 0 Å². The predicted octanol–water partition coefficient (Wildman–Crippen LogP) is 1.63. The van der Waals surface area contributed by atoms with Crippen LogP contribution in [-0.2, 0) is 6.54 Å². The van der Waals surface area contributed by atoms with E-state index in [0.717, 1.165) is 18.5 Å². The van der Waals surface area contributed by atoms with Crippen LogP contribution in [0.3, 0.4) is 0 Å². The van der Waals surface area contributed by atoms with Crippen molar-refractivity contribution in [3.8, 4) is 0 Å². The van der Waals surface area contributed by atoms with Gasteiger partial charge in [0, 0.05) is 23.8 Å². The molecule has 0 amide bonds. The molecule has 0 bridgehead atoms. The predicted molar refractivity (Wildman–Crippen MR) is 67.2 cm³/mol. The molecule has 1 atom stereocenters. The molecule has 2 N–H and O–H groups in total. The van der Waals surface area contributed by atoms with Gasteiger partial charge in [0.15, 0.2) is 0 Å². The van der Waals surface area contributed by atoms with E-state index >= 15 is 0 Å². The van der Waals surface area contributed by atoms with E-state index in [1.807, 2.05) is 10.9 Å². The topological polar surface area (TPSA) is 47.1 Å². The lowest BCUT2D eigenvalue weighted by Gasteiger charge is -2.37. The van der Waals surface area contributed by atoms with Crippen LogP contribution in [0, 0.1) is 0 Å². The van der Waals surface area contributed by atoms with E-state index in [9.17, 15) is 0 Å². The lowest BCUT2D eigenvalue weighted by atomic mass is 9.90. The quantitative estimate of drug-likeness (QED) is 0.827. The third-order valence-corrected chi connectivity index (χ3v) is 3.38. The molecule has 0 radical (unpaired) electrons. The molecule has 0 aliphatic heterocycles. The van der Waals surface area contributed by atoms with E-state index in [1.165, 1.54) is 0 Å². The second kappa shape index (κ2) is 4.97. The molecule has 0 aliphatic rings. The standard InChI is InChI=1S/C12H24N4/c1-6-7-16-9-10(8-14-16)11(13)12(2,3)15(4)5/h8-9,11H,6-7,13H2,1-5H3. The third-order valence-electron chi connectivity index (χ3n) is 3.38. The lowest BCUT2D eigenvalue weighted by molar-refractivity contribution is 0.159. The van der Waals surface area contributed by atoms with Crippen LogP contribution in [-0.4, -0.2) is 34.3 Å². The van der Waals surface area contributed by atoms with Gasteiger partial charge in [-0.1, -0.05) is 6.92 Å². The van der Waals surface area contributed by atoms with Crippen LogP contribution in [0.4, 0.5) is 0 Å². The molecule has 16 heavy (non-hydrogen) atoms. The Morgan fingerprint density at radius 2 is 2.12 bits per heavy atom. The third kappa shape index (κ3) is 2.62. The molecule has 4 heteroatoms. The van der Waals surface area contributed by atoms with Gasteiger partial charge in [-0.05, 0) is 34.4 Å². The van der Waals surface area contributed by atoms with Crippen molar-refractivity contribution in [2.24, 2.45) is 5.73 Å². The number of hydrogen-bond donors (Lipinski definition) is 1. The highest BCUT2D eigenvalue weighted by molar-refractivity contribution is 5.15. The van der Waals surface area contributed by atoms with Gasteiger partial charge < -0.3 is 10.6 Å². The summed E-state index contributed by atoms with van der Waals surface area (Å²) in [6, 6.07) is -0.0203. The molecule has 0 spiro atoms. The van der Waals surface area contributed by atoms with Crippen molar-refractivity contribution in [1.82, 2.24) is 14.7 Å². The van der Waals surface area contributed by atoms with Crippen LogP contribution < -0.4 is 5.73 Å². The van der Waals surface area contributed by atoms with Gasteiger partial charge in [0.05, 0.1) is 12.2 Å². The fourth-order valence-electron chi connectivity index (χ4n) is 1.58. The number of likely N-dealkylation sites (N-methyl/N-ethyl adjacent to an activating group) is 1. The summed E-state index contributed by atoms with van der Waals surface area (Å²) >= 11 is 0. The zero-order valence-electron chi connectivity index (χ0n) is 11.1. The largest absolute Gasteiger partial charge is 0.322 e. The van der Waals surface area contributed by atoms with Crippen molar-refractivity contribution >= 4 is 0 Å². The molecule has 1 rings (SSSR count). The number of aryl methyl sites for hydroxylation is 1. The fourth-order valence-corrected chi connectivity index (χ4v) is 1.58. The molecule has 0 aliphatic carbocycles. The number of nitrogens with zero attached hydrogens (tertiary/aromatic N) is 3. The summed E-state index contributed by atoms with van der Waals surface area (Å²) in [6.45, 7) is 7.39. The highest BCUT2D eigenvalue weighted by Gasteiger charge is 2.30. The van der Waals surface area contributed by atoms with Crippen LogP contribution in [0.25, 0.3) is 0 Å². The summed E-state index contributed by atoms with van der Waals surface area (Å²) in [5.74, 6) is 0. The SMILES string of the molecule is CCCn1cc(C(N)C(C)(C)N(C)C)cn1. The number of rotatable bonds is 5. The molecule has 92 valence electrons. The zero-order valence-corrected chi connectivity index (χ0v) is 11.1. The van der Waals surface area contributed by atoms with Crippen molar-refractivity contribution in [3.05, 3.63) is 18.0 Å². The summed E-state index contributed by atoms with van der Waals surface area (Å²) in [4.78, 5) is 2.15. The first-order valence-electron chi connectivity index (χ1n) is 5.85. The Labute approximate surface area is 98.4 Å². The first kappa shape index (κ1) is 13.2. The molecular weight excluding hydrogens is 200 g/mol. The Bertz CT molecular complexity index is 328. The van der Waals surface area contributed by atoms with E-state index in [4.69, 9.17) is 5.73 Å². The monoisotopic (exact) mass is 224 g/mol. The van der Waals surface area contributed by atoms with Crippen molar-refractivity contribution in [2.75, 3.05) is 14.1 Å². The van der Waals surface area contributed by atoms with Gasteiger partial charge >= 0.3 is 0 Å². The van der Waals surface area contributed by atoms with Crippen molar-refractivity contribution in [3.63, 3.8) is 0 Å². The van der Waals surface area contributed by atoms with Gasteiger partial charge in [-0.25, -0.2) is 0 Å². The van der Waals surface area contributed by atoms with Crippen LogP contribution in [0.2, 0.25) is 0 Å². The Hall–Kier alpha value is -0.870. The summed E-state index contributed by atoms with van der Waals surface area (Å²) in [5.41, 5.74) is 7.32. The maximum absolute atomic E-state index is 6.29. The molecule has 0 saturated carbocycles. The number of hydrogen-bond acceptors (Lipinski definition) is 3. The van der Waals surface area contributed by atoms with E-state index < -0.39 is 0 Å². The fraction of sp³-hybridized carbons (Fsp3) is 0.750. The van der Waals surface area contributed by atoms with Gasteiger partial charge in [-0.2, -0.15) is 5.10 Å². The van der Waals surface area contributed by atoms with Gasteiger partial charge in [0.1, 0.15) is 0 Å². The van der Waals surface area contributed by atoms with Gasteiger partial charge in [-0.15, -0.1) is 0 Å². The second-order valence-corrected chi connectivity index (χ2v) is 5.06. The molecule has 0 saturated heterocycles. The Balaban J connectivity index is 2.83. The molecule has 1 unspecified atom stereocenters. The minimum atomic E-state index is -0.0694. The Kier molecular flexibility index (Phi) is 4.10. The van der Waals surface area contributed by atoms with E-state index in [2.05, 4.69) is 51.1 Å². The first-order valence-corrected chi connectivity index (χ1v) is 5.85. The average Bonchev–Trinajstić information content (AvgIpc) is 2.65. The maximum atomic E-state index is 6.29. The molecule has 0 aromatic carbocycles. The van der Waals surface area contributed by atoms with Crippen LogP contribution in [0.1, 0.15) is 38.8 Å². The maximum Gasteiger partial charge on any atom is 0.0538 e. The van der Waals surface area contributed by atoms with Gasteiger partial charge in [0.2, 0.25) is 0 Å². The Morgan fingerprint density at radius 1 is 1.50 bits per heavy atom. The van der Waals surface area contributed by atoms with Crippen LogP contribution in [0.15, 0.2) is 12.4 Å². The molecule has 1 aromatic heterocycles. The molecule has 1 aromatic rings. The van der Waals surface area contributed by atoms with Crippen LogP contribution >= 0.6 is 0 Å². The molecule has 4 nitrogen and oxygen atoms in total. The van der Waals surface area contributed by atoms with Crippen molar-refractivity contribution in [2.45, 2.75) is 45.3 Å². The highest BCUT2D eigenvalue weighted by Crippen LogP contribution is 2.26. The Morgan fingerprint density at radius 3 is 2.62 bits per heavy atom. The summed E-state index contributed by atoms with van der Waals surface area (Å²) in [6.07, 6.45) is 5.03. The molecular formula is C12H24N4. The van der Waals surface area contributed by atoms with E-state index in [1.54, 1.807) is 0 Å². The summed E-state index contributed by atoms with van der Waals surface area (Å²) in [5, 5.41) is 4.32. The van der Waals surface area contributed by atoms with Gasteiger partial charge in [0.25, 0.3) is 0 Å². The average molecular weight is 224 g/mol. The zero-order chi connectivity index (χ0) is 12.3. The van der Waals surface area contributed by atoms with E-state index in [-0.39, 0.29) is 11.6 Å². The lowest BCUT2D eigenvalue weighted by Crippen LogP contribution is -2.47. The minimum Gasteiger partial charge on any atom is -0.322 e. The second-order valence-electron chi connectivity index (χ2n) is 5.06. The smallest absolute Gasteiger partial charge is 0.0538 e. The van der Waals surface area contributed by atoms with Gasteiger partial charge in [-0.3, -0.25) is 4.68 Å². The highest BCUT2D eigenvalue weighted by atomic mass is 15.3. The number of aromatic nitrogens is 2. The normalized spacial score (nSPS) is 14.4. The van der Waals surface area contributed by atoms with Crippen molar-refractivity contribution < 1.29 is 0 Å². The minimum absolute atomic E-state index is 0.0203. The molecule has 1 heterocycles. The first-order chi connectivity index (χ1) is 7.39. The summed E-state index contributed by atoms with van der Waals surface area (Å²) < 4.78 is 1.96. The molecule has 0 fully saturated rings. The number of nitrogens with two attached hydrogens (primary N) is 1. The summed E-state index contributed by atoms with van der Waals surface area (Å²) in [7, 11) is 4.10. The van der Waals surface area contributed by atoms with E-state index in [0.29, 0.717) is 0 Å².